The van der Waals surface area contributed by atoms with Crippen molar-refractivity contribution < 1.29 is 4.79 Å². The van der Waals surface area contributed by atoms with Crippen molar-refractivity contribution in [3.8, 4) is 0 Å². The molecule has 7 heteroatoms. The summed E-state index contributed by atoms with van der Waals surface area (Å²) in [5.41, 5.74) is 3.05. The number of alkyl halides is 3. The van der Waals surface area contributed by atoms with Crippen molar-refractivity contribution in [2.24, 2.45) is 0 Å². The van der Waals surface area contributed by atoms with Crippen molar-refractivity contribution in [2.45, 2.75) is 17.6 Å². The number of benzene rings is 1. The van der Waals surface area contributed by atoms with E-state index < -0.39 is 9.70 Å². The van der Waals surface area contributed by atoms with E-state index in [0.29, 0.717) is 5.13 Å². The third-order valence-corrected chi connectivity index (χ3v) is 3.74. The Kier molecular flexibility index (Phi) is 3.74. The SMILES string of the molecule is Cc1cc(C)c2nc(NC(=O)C(Cl)(Cl)Cl)sc2c1. The summed E-state index contributed by atoms with van der Waals surface area (Å²) in [6.45, 7) is 3.97. The predicted molar refractivity (Wildman–Crippen MR) is 78.0 cm³/mol. The maximum atomic E-state index is 11.5. The van der Waals surface area contributed by atoms with Gasteiger partial charge < -0.3 is 0 Å². The highest BCUT2D eigenvalue weighted by atomic mass is 35.6. The predicted octanol–water partition coefficient (Wildman–Crippen LogP) is 4.22. The number of nitrogens with one attached hydrogen (secondary N) is 1. The third-order valence-electron chi connectivity index (χ3n) is 2.31. The van der Waals surface area contributed by atoms with Crippen LogP contribution in [-0.4, -0.2) is 14.7 Å². The van der Waals surface area contributed by atoms with Crippen LogP contribution in [0.3, 0.4) is 0 Å². The fraction of sp³-hybridized carbons (Fsp3) is 0.273. The standard InChI is InChI=1S/C11H9Cl3N2OS/c1-5-3-6(2)8-7(4-5)18-10(15-8)16-9(17)11(12,13)14/h3-4H,1-2H3,(H,15,16,17). The van der Waals surface area contributed by atoms with Crippen molar-refractivity contribution in [2.75, 3.05) is 5.32 Å². The molecular formula is C11H9Cl3N2OS. The van der Waals surface area contributed by atoms with Crippen LogP contribution in [0.2, 0.25) is 0 Å². The summed E-state index contributed by atoms with van der Waals surface area (Å²) in [6.07, 6.45) is 0. The molecular weight excluding hydrogens is 315 g/mol. The summed E-state index contributed by atoms with van der Waals surface area (Å²) >= 11 is 17.8. The topological polar surface area (TPSA) is 42.0 Å². The molecule has 0 radical (unpaired) electrons. The number of hydrogen-bond donors (Lipinski definition) is 1. The Labute approximate surface area is 123 Å². The number of carbonyl (C=O) groups is 1. The molecule has 0 atom stereocenters. The summed E-state index contributed by atoms with van der Waals surface area (Å²) in [5.74, 6) is -0.707. The van der Waals surface area contributed by atoms with Gasteiger partial charge in [-0.05, 0) is 31.0 Å². The molecule has 0 saturated heterocycles. The van der Waals surface area contributed by atoms with Gasteiger partial charge in [0.1, 0.15) is 0 Å². The van der Waals surface area contributed by atoms with E-state index in [1.807, 2.05) is 26.0 Å². The van der Waals surface area contributed by atoms with E-state index in [-0.39, 0.29) is 0 Å². The van der Waals surface area contributed by atoms with Gasteiger partial charge in [0.25, 0.3) is 9.70 Å². The number of fused-ring (bicyclic) bond motifs is 1. The van der Waals surface area contributed by atoms with Crippen LogP contribution in [0, 0.1) is 13.8 Å². The second-order valence-corrected chi connectivity index (χ2v) is 7.21. The zero-order valence-electron chi connectivity index (χ0n) is 9.55. The van der Waals surface area contributed by atoms with Gasteiger partial charge in [-0.15, -0.1) is 0 Å². The van der Waals surface area contributed by atoms with E-state index in [9.17, 15) is 4.79 Å². The summed E-state index contributed by atoms with van der Waals surface area (Å²) in [7, 11) is 0. The Morgan fingerprint density at radius 2 is 2.00 bits per heavy atom. The van der Waals surface area contributed by atoms with Crippen molar-refractivity contribution >= 4 is 67.4 Å². The highest BCUT2D eigenvalue weighted by Crippen LogP contribution is 2.32. The number of aryl methyl sites for hydroxylation is 2. The van der Waals surface area contributed by atoms with E-state index in [1.54, 1.807) is 0 Å². The number of thiazole rings is 1. The first-order valence-corrected chi connectivity index (χ1v) is 6.98. The molecule has 1 heterocycles. The largest absolute Gasteiger partial charge is 0.298 e. The van der Waals surface area contributed by atoms with E-state index in [1.165, 1.54) is 11.3 Å². The van der Waals surface area contributed by atoms with Gasteiger partial charge in [-0.25, -0.2) is 4.98 Å². The molecule has 0 saturated carbocycles. The first-order chi connectivity index (χ1) is 8.27. The molecule has 0 aliphatic heterocycles. The van der Waals surface area contributed by atoms with Crippen LogP contribution in [0.25, 0.3) is 10.2 Å². The lowest BCUT2D eigenvalue weighted by Crippen LogP contribution is -2.26. The molecule has 0 aliphatic carbocycles. The molecule has 2 aromatic rings. The molecule has 1 N–H and O–H groups in total. The fourth-order valence-electron chi connectivity index (χ4n) is 1.59. The van der Waals surface area contributed by atoms with Gasteiger partial charge in [0.15, 0.2) is 5.13 Å². The molecule has 1 aromatic heterocycles. The lowest BCUT2D eigenvalue weighted by atomic mass is 10.1. The number of nitrogens with zero attached hydrogens (tertiary/aromatic N) is 1. The first-order valence-electron chi connectivity index (χ1n) is 5.03. The molecule has 1 aromatic carbocycles. The van der Waals surface area contributed by atoms with Crippen LogP contribution in [-0.2, 0) is 4.79 Å². The Morgan fingerprint density at radius 3 is 2.61 bits per heavy atom. The summed E-state index contributed by atoms with van der Waals surface area (Å²) in [4.78, 5) is 15.8. The van der Waals surface area contributed by atoms with Crippen LogP contribution in [0.4, 0.5) is 5.13 Å². The lowest BCUT2D eigenvalue weighted by molar-refractivity contribution is -0.115. The van der Waals surface area contributed by atoms with Gasteiger partial charge in [-0.2, -0.15) is 0 Å². The highest BCUT2D eigenvalue weighted by molar-refractivity contribution is 7.22. The van der Waals surface area contributed by atoms with Gasteiger partial charge in [-0.1, -0.05) is 52.2 Å². The number of anilines is 1. The minimum absolute atomic E-state index is 0.426. The van der Waals surface area contributed by atoms with Crippen LogP contribution in [0.15, 0.2) is 12.1 Å². The summed E-state index contributed by atoms with van der Waals surface area (Å²) < 4.78 is -0.991. The number of carbonyl (C=O) groups excluding carboxylic acids is 1. The second-order valence-electron chi connectivity index (χ2n) is 3.90. The number of rotatable bonds is 1. The van der Waals surface area contributed by atoms with E-state index in [0.717, 1.165) is 21.3 Å². The van der Waals surface area contributed by atoms with Gasteiger partial charge in [0.05, 0.1) is 10.2 Å². The smallest absolute Gasteiger partial charge is 0.278 e. The molecule has 0 spiro atoms. The first kappa shape index (κ1) is 13.9. The Hall–Kier alpha value is -0.550. The molecule has 0 bridgehead atoms. The van der Waals surface area contributed by atoms with Crippen LogP contribution in [0.5, 0.6) is 0 Å². The van der Waals surface area contributed by atoms with E-state index in [2.05, 4.69) is 10.3 Å². The number of amides is 1. The summed E-state index contributed by atoms with van der Waals surface area (Å²) in [5, 5.41) is 2.92. The molecule has 0 aliphatic rings. The van der Waals surface area contributed by atoms with Crippen LogP contribution in [0.1, 0.15) is 11.1 Å². The minimum atomic E-state index is -1.98. The molecule has 0 unspecified atom stereocenters. The number of halogens is 3. The van der Waals surface area contributed by atoms with Gasteiger partial charge >= 0.3 is 0 Å². The highest BCUT2D eigenvalue weighted by Gasteiger charge is 2.31. The monoisotopic (exact) mass is 322 g/mol. The minimum Gasteiger partial charge on any atom is -0.298 e. The van der Waals surface area contributed by atoms with Gasteiger partial charge in [0, 0.05) is 0 Å². The molecule has 2 rings (SSSR count). The molecule has 3 nitrogen and oxygen atoms in total. The maximum absolute atomic E-state index is 11.5. The molecule has 96 valence electrons. The maximum Gasteiger partial charge on any atom is 0.278 e. The number of hydrogen-bond acceptors (Lipinski definition) is 3. The average molecular weight is 324 g/mol. The average Bonchev–Trinajstić information content (AvgIpc) is 2.58. The Morgan fingerprint density at radius 1 is 1.33 bits per heavy atom. The second kappa shape index (κ2) is 4.85. The zero-order valence-corrected chi connectivity index (χ0v) is 12.6. The van der Waals surface area contributed by atoms with Crippen LogP contribution >= 0.6 is 46.1 Å². The Balaban J connectivity index is 2.37. The third kappa shape index (κ3) is 2.88. The van der Waals surface area contributed by atoms with Crippen molar-refractivity contribution in [1.82, 2.24) is 4.98 Å². The quantitative estimate of drug-likeness (QED) is 0.798. The van der Waals surface area contributed by atoms with Crippen molar-refractivity contribution in [3.05, 3.63) is 23.3 Å². The van der Waals surface area contributed by atoms with Gasteiger partial charge in [-0.3, -0.25) is 10.1 Å². The van der Waals surface area contributed by atoms with Crippen molar-refractivity contribution in [1.29, 1.82) is 0 Å². The van der Waals surface area contributed by atoms with E-state index in [4.69, 9.17) is 34.8 Å². The Bertz CT molecular complexity index is 619. The molecule has 1 amide bonds. The summed E-state index contributed by atoms with van der Waals surface area (Å²) in [6, 6.07) is 4.04. The van der Waals surface area contributed by atoms with Crippen molar-refractivity contribution in [3.63, 3.8) is 0 Å². The van der Waals surface area contributed by atoms with Gasteiger partial charge in [0.2, 0.25) is 0 Å². The van der Waals surface area contributed by atoms with E-state index >= 15 is 0 Å². The lowest BCUT2D eigenvalue weighted by Gasteiger charge is -2.08. The molecule has 0 fully saturated rings. The zero-order chi connectivity index (χ0) is 13.5. The molecule has 18 heavy (non-hydrogen) atoms. The fourth-order valence-corrected chi connectivity index (χ4v) is 2.77. The van der Waals surface area contributed by atoms with Crippen LogP contribution < -0.4 is 5.32 Å². The number of aromatic nitrogens is 1. The normalized spacial score (nSPS) is 11.8.